The third-order valence-electron chi connectivity index (χ3n) is 14.8. The molecule has 0 amide bonds. The van der Waals surface area contributed by atoms with Crippen molar-refractivity contribution in [2.45, 2.75) is 0 Å². The highest BCUT2D eigenvalue weighted by atomic mass is 15.2. The second-order valence-corrected chi connectivity index (χ2v) is 19.8. The van der Waals surface area contributed by atoms with Crippen LogP contribution in [0.25, 0.3) is 44.2 Å². The number of benzene rings is 13. The summed E-state index contributed by atoms with van der Waals surface area (Å²) in [6, 6.07) is 121. The summed E-state index contributed by atoms with van der Waals surface area (Å²) in [5, 5.41) is 2.43. The van der Waals surface area contributed by atoms with Crippen molar-refractivity contribution >= 4 is 79.0 Å². The Morgan fingerprint density at radius 1 is 0.138 bits per heavy atom. The molecule has 0 saturated carbocycles. The van der Waals surface area contributed by atoms with E-state index >= 15 is 0 Å². The number of anilines is 12. The van der Waals surface area contributed by atoms with E-state index in [0.717, 1.165) is 102 Å². The number of para-hydroxylation sites is 5. The molecule has 0 atom stereocenters. The molecular formula is C76H56N4. The first-order valence-electron chi connectivity index (χ1n) is 27.2. The summed E-state index contributed by atoms with van der Waals surface area (Å²) in [5.41, 5.74) is 20.2. The summed E-state index contributed by atoms with van der Waals surface area (Å²) in [6.45, 7) is 0. The van der Waals surface area contributed by atoms with Crippen LogP contribution in [0.3, 0.4) is 0 Å². The summed E-state index contributed by atoms with van der Waals surface area (Å²) in [5.74, 6) is 0. The molecule has 0 aliphatic rings. The maximum absolute atomic E-state index is 2.35. The molecule has 0 aromatic heterocycles. The third-order valence-corrected chi connectivity index (χ3v) is 14.8. The molecule has 0 N–H and O–H groups in total. The van der Waals surface area contributed by atoms with E-state index in [0.29, 0.717) is 0 Å². The summed E-state index contributed by atoms with van der Waals surface area (Å²) in [6.07, 6.45) is 0. The number of nitrogens with zero attached hydrogens (tertiary/aromatic N) is 4. The number of fused-ring (bicyclic) bond motifs is 1. The minimum Gasteiger partial charge on any atom is -0.311 e. The van der Waals surface area contributed by atoms with Crippen LogP contribution in [0.1, 0.15) is 0 Å². The normalized spacial score (nSPS) is 11.0. The van der Waals surface area contributed by atoms with Crippen LogP contribution in [0.5, 0.6) is 0 Å². The molecule has 13 aromatic carbocycles. The van der Waals surface area contributed by atoms with Crippen LogP contribution in [0, 0.1) is 0 Å². The molecule has 13 aromatic rings. The molecule has 0 aliphatic heterocycles. The first-order valence-corrected chi connectivity index (χ1v) is 27.2. The lowest BCUT2D eigenvalue weighted by molar-refractivity contribution is 1.28. The van der Waals surface area contributed by atoms with Crippen LogP contribution in [-0.4, -0.2) is 0 Å². The minimum absolute atomic E-state index is 1.08. The predicted octanol–water partition coefficient (Wildman–Crippen LogP) is 21.7. The molecule has 0 heterocycles. The van der Waals surface area contributed by atoms with E-state index < -0.39 is 0 Å². The quantitative estimate of drug-likeness (QED) is 0.101. The Hall–Kier alpha value is -10.7. The van der Waals surface area contributed by atoms with Gasteiger partial charge in [0.25, 0.3) is 0 Å². The van der Waals surface area contributed by atoms with Gasteiger partial charge in [-0.05, 0) is 178 Å². The molecule has 0 aliphatic carbocycles. The van der Waals surface area contributed by atoms with Crippen molar-refractivity contribution in [3.05, 3.63) is 340 Å². The second-order valence-electron chi connectivity index (χ2n) is 19.8. The van der Waals surface area contributed by atoms with Gasteiger partial charge in [-0.2, -0.15) is 0 Å². The van der Waals surface area contributed by atoms with E-state index in [1.165, 1.54) is 10.8 Å². The molecule has 0 spiro atoms. The van der Waals surface area contributed by atoms with Gasteiger partial charge in [-0.1, -0.05) is 200 Å². The fraction of sp³-hybridized carbons (Fsp3) is 0. The number of hydrogen-bond acceptors (Lipinski definition) is 4. The molecule has 0 radical (unpaired) electrons. The Morgan fingerprint density at radius 3 is 0.613 bits per heavy atom. The van der Waals surface area contributed by atoms with E-state index in [9.17, 15) is 0 Å². The van der Waals surface area contributed by atoms with E-state index in [2.05, 4.69) is 359 Å². The van der Waals surface area contributed by atoms with Crippen molar-refractivity contribution in [3.63, 3.8) is 0 Å². The SMILES string of the molecule is c1ccc(N(c2ccccc2)c2ccc(-c3ccc(N(c4ccccc4)c4ccc(-c5ccc(N(c6ccccc6)c6ccc(-c7ccc(N(c8ccccc8)c8cccc9ccccc89)cc7)cc6)cc5)cc4)cc3)cc2)cc1. The molecule has 4 heteroatoms. The molecule has 4 nitrogen and oxygen atoms in total. The van der Waals surface area contributed by atoms with E-state index in [1.807, 2.05) is 0 Å². The van der Waals surface area contributed by atoms with Crippen molar-refractivity contribution in [2.24, 2.45) is 0 Å². The molecule has 0 unspecified atom stereocenters. The van der Waals surface area contributed by atoms with Gasteiger partial charge in [-0.15, -0.1) is 0 Å². The maximum atomic E-state index is 2.35. The second kappa shape index (κ2) is 22.5. The van der Waals surface area contributed by atoms with Crippen molar-refractivity contribution in [2.75, 3.05) is 19.6 Å². The fourth-order valence-electron chi connectivity index (χ4n) is 10.9. The molecule has 80 heavy (non-hydrogen) atoms. The Labute approximate surface area is 469 Å². The highest BCUT2D eigenvalue weighted by Crippen LogP contribution is 2.43. The zero-order valence-electron chi connectivity index (χ0n) is 44.1. The average Bonchev–Trinajstić information content (AvgIpc) is 3.54. The maximum Gasteiger partial charge on any atom is 0.0540 e. The number of hydrogen-bond donors (Lipinski definition) is 0. The van der Waals surface area contributed by atoms with Gasteiger partial charge in [0, 0.05) is 67.9 Å². The lowest BCUT2D eigenvalue weighted by atomic mass is 10.0. The highest BCUT2D eigenvalue weighted by molar-refractivity contribution is 5.99. The highest BCUT2D eigenvalue weighted by Gasteiger charge is 2.19. The zero-order valence-corrected chi connectivity index (χ0v) is 44.1. The largest absolute Gasteiger partial charge is 0.311 e. The standard InChI is InChI=1S/C76H56N4/c1-6-21-64(22-7-1)77(65-23-8-2-9-24-65)69-45-33-57(34-46-69)58-35-47-70(48-36-58)78(66-25-10-3-11-26-66)71-49-37-59(38-50-71)60-39-51-72(52-40-60)79(67-27-12-4-13-28-67)73-53-41-61(42-54-73)62-43-55-74(56-44-62)80(68-29-14-5-15-30-68)76-32-18-20-63-19-16-17-31-75(63)76/h1-56H. The van der Waals surface area contributed by atoms with Crippen LogP contribution < -0.4 is 19.6 Å². The zero-order chi connectivity index (χ0) is 53.5. The summed E-state index contributed by atoms with van der Waals surface area (Å²) >= 11 is 0. The van der Waals surface area contributed by atoms with Crippen LogP contribution in [0.4, 0.5) is 68.2 Å². The van der Waals surface area contributed by atoms with E-state index in [-0.39, 0.29) is 0 Å². The Kier molecular flexibility index (Phi) is 13.8. The van der Waals surface area contributed by atoms with E-state index in [1.54, 1.807) is 0 Å². The lowest BCUT2D eigenvalue weighted by Gasteiger charge is -2.27. The Bertz CT molecular complexity index is 4060. The summed E-state index contributed by atoms with van der Waals surface area (Å²) < 4.78 is 0. The van der Waals surface area contributed by atoms with Crippen molar-refractivity contribution in [1.29, 1.82) is 0 Å². The van der Waals surface area contributed by atoms with Gasteiger partial charge < -0.3 is 19.6 Å². The Morgan fingerprint density at radius 2 is 0.338 bits per heavy atom. The topological polar surface area (TPSA) is 13.0 Å². The molecule has 0 fully saturated rings. The Balaban J connectivity index is 0.736. The first kappa shape index (κ1) is 48.9. The monoisotopic (exact) mass is 1020 g/mol. The summed E-state index contributed by atoms with van der Waals surface area (Å²) in [4.78, 5) is 9.29. The molecule has 380 valence electrons. The number of rotatable bonds is 15. The van der Waals surface area contributed by atoms with Crippen LogP contribution in [0.15, 0.2) is 340 Å². The lowest BCUT2D eigenvalue weighted by Crippen LogP contribution is -2.10. The third kappa shape index (κ3) is 10.2. The predicted molar refractivity (Wildman–Crippen MR) is 339 cm³/mol. The minimum atomic E-state index is 1.08. The van der Waals surface area contributed by atoms with Gasteiger partial charge in [-0.25, -0.2) is 0 Å². The van der Waals surface area contributed by atoms with Gasteiger partial charge in [0.15, 0.2) is 0 Å². The smallest absolute Gasteiger partial charge is 0.0540 e. The van der Waals surface area contributed by atoms with E-state index in [4.69, 9.17) is 0 Å². The van der Waals surface area contributed by atoms with Crippen LogP contribution >= 0.6 is 0 Å². The van der Waals surface area contributed by atoms with Crippen molar-refractivity contribution < 1.29 is 0 Å². The molecule has 0 bridgehead atoms. The fourth-order valence-corrected chi connectivity index (χ4v) is 10.9. The molecule has 13 rings (SSSR count). The molecule has 0 saturated heterocycles. The van der Waals surface area contributed by atoms with Crippen molar-refractivity contribution in [3.8, 4) is 33.4 Å². The van der Waals surface area contributed by atoms with Crippen LogP contribution in [0.2, 0.25) is 0 Å². The van der Waals surface area contributed by atoms with Gasteiger partial charge in [0.05, 0.1) is 5.69 Å². The van der Waals surface area contributed by atoms with Gasteiger partial charge in [-0.3, -0.25) is 0 Å². The van der Waals surface area contributed by atoms with Crippen molar-refractivity contribution in [1.82, 2.24) is 0 Å². The molecular weight excluding hydrogens is 969 g/mol. The average molecular weight is 1030 g/mol. The van der Waals surface area contributed by atoms with Gasteiger partial charge in [0.1, 0.15) is 0 Å². The van der Waals surface area contributed by atoms with Gasteiger partial charge in [0.2, 0.25) is 0 Å². The van der Waals surface area contributed by atoms with Crippen LogP contribution in [-0.2, 0) is 0 Å². The van der Waals surface area contributed by atoms with Gasteiger partial charge >= 0.3 is 0 Å². The first-order chi connectivity index (χ1) is 39.7. The summed E-state index contributed by atoms with van der Waals surface area (Å²) in [7, 11) is 0.